The molecule has 168 valence electrons. The fraction of sp³-hybridized carbons (Fsp3) is 0.333. The molecule has 8 nitrogen and oxygen atoms in total. The molecule has 2 aromatic carbocycles. The number of likely N-dealkylation sites (tertiary alicyclic amines) is 1. The molecule has 1 saturated heterocycles. The lowest BCUT2D eigenvalue weighted by molar-refractivity contribution is -0.141. The molecule has 32 heavy (non-hydrogen) atoms. The van der Waals surface area contributed by atoms with Gasteiger partial charge in [0.05, 0.1) is 19.4 Å². The van der Waals surface area contributed by atoms with Gasteiger partial charge in [-0.2, -0.15) is 0 Å². The molecule has 0 aromatic heterocycles. The lowest BCUT2D eigenvalue weighted by Crippen LogP contribution is -2.31. The number of benzene rings is 2. The van der Waals surface area contributed by atoms with Gasteiger partial charge in [0.25, 0.3) is 0 Å². The van der Waals surface area contributed by atoms with Crippen LogP contribution in [0, 0.1) is 5.92 Å². The highest BCUT2D eigenvalue weighted by molar-refractivity contribution is 5.97. The number of nitrogens with zero attached hydrogens (tertiary/aromatic N) is 1. The first-order valence-corrected chi connectivity index (χ1v) is 10.5. The zero-order valence-corrected chi connectivity index (χ0v) is 18.0. The maximum absolute atomic E-state index is 12.6. The third-order valence-electron chi connectivity index (χ3n) is 5.34. The Morgan fingerprint density at radius 1 is 1.03 bits per heavy atom. The van der Waals surface area contributed by atoms with Crippen LogP contribution in [0.5, 0.6) is 0 Å². The molecule has 0 saturated carbocycles. The van der Waals surface area contributed by atoms with Crippen molar-refractivity contribution >= 4 is 29.4 Å². The van der Waals surface area contributed by atoms with Gasteiger partial charge in [-0.05, 0) is 29.7 Å². The highest BCUT2D eigenvalue weighted by atomic mass is 16.5. The summed E-state index contributed by atoms with van der Waals surface area (Å²) in [5.74, 6) is -1.40. The van der Waals surface area contributed by atoms with Gasteiger partial charge in [0.1, 0.15) is 6.54 Å². The topological polar surface area (TPSA) is 105 Å². The second-order valence-electron chi connectivity index (χ2n) is 7.69. The van der Waals surface area contributed by atoms with Crippen LogP contribution in [-0.4, -0.2) is 55.3 Å². The van der Waals surface area contributed by atoms with Gasteiger partial charge < -0.3 is 20.3 Å². The predicted octanol–water partition coefficient (Wildman–Crippen LogP) is 1.55. The number of amides is 3. The third-order valence-corrected chi connectivity index (χ3v) is 5.34. The second-order valence-corrected chi connectivity index (χ2v) is 7.69. The first-order chi connectivity index (χ1) is 15.4. The van der Waals surface area contributed by atoms with E-state index in [9.17, 15) is 19.2 Å². The minimum absolute atomic E-state index is 0.00519. The molecule has 1 aliphatic heterocycles. The van der Waals surface area contributed by atoms with E-state index >= 15 is 0 Å². The Morgan fingerprint density at radius 3 is 2.44 bits per heavy atom. The van der Waals surface area contributed by atoms with E-state index in [-0.39, 0.29) is 43.0 Å². The molecule has 0 aliphatic carbocycles. The van der Waals surface area contributed by atoms with E-state index < -0.39 is 5.97 Å². The maximum Gasteiger partial charge on any atom is 0.325 e. The van der Waals surface area contributed by atoms with Crippen molar-refractivity contribution in [3.05, 3.63) is 65.7 Å². The molecule has 2 N–H and O–H groups in total. The van der Waals surface area contributed by atoms with Crippen molar-refractivity contribution in [2.24, 2.45) is 5.92 Å². The Morgan fingerprint density at radius 2 is 1.75 bits per heavy atom. The Labute approximate surface area is 186 Å². The summed E-state index contributed by atoms with van der Waals surface area (Å²) in [4.78, 5) is 49.6. The van der Waals surface area contributed by atoms with E-state index in [0.29, 0.717) is 18.8 Å². The molecular weight excluding hydrogens is 410 g/mol. The molecule has 3 rings (SSSR count). The smallest absolute Gasteiger partial charge is 0.325 e. The van der Waals surface area contributed by atoms with Crippen LogP contribution in [-0.2, 0) is 36.8 Å². The highest BCUT2D eigenvalue weighted by Gasteiger charge is 2.34. The fourth-order valence-electron chi connectivity index (χ4n) is 3.51. The van der Waals surface area contributed by atoms with Crippen molar-refractivity contribution in [3.8, 4) is 0 Å². The molecule has 1 atom stereocenters. The molecule has 0 bridgehead atoms. The normalized spacial score (nSPS) is 15.3. The predicted molar refractivity (Wildman–Crippen MR) is 119 cm³/mol. The minimum Gasteiger partial charge on any atom is -0.468 e. The molecule has 0 unspecified atom stereocenters. The summed E-state index contributed by atoms with van der Waals surface area (Å²) in [5.41, 5.74) is 2.50. The van der Waals surface area contributed by atoms with E-state index in [1.807, 2.05) is 30.3 Å². The van der Waals surface area contributed by atoms with Gasteiger partial charge in [-0.15, -0.1) is 0 Å². The Kier molecular flexibility index (Phi) is 7.96. The first-order valence-electron chi connectivity index (χ1n) is 10.5. The summed E-state index contributed by atoms with van der Waals surface area (Å²) >= 11 is 0. The van der Waals surface area contributed by atoms with Crippen LogP contribution in [0.4, 0.5) is 5.69 Å². The lowest BCUT2D eigenvalue weighted by Gasteiger charge is -2.16. The summed E-state index contributed by atoms with van der Waals surface area (Å²) in [5, 5.41) is 5.32. The third kappa shape index (κ3) is 6.66. The number of methoxy groups -OCH3 is 1. The van der Waals surface area contributed by atoms with Gasteiger partial charge in [0.2, 0.25) is 17.7 Å². The number of carbonyl (C=O) groups excluding carboxylic acids is 4. The Balaban J connectivity index is 1.45. The van der Waals surface area contributed by atoms with Crippen LogP contribution in [0.1, 0.15) is 17.5 Å². The van der Waals surface area contributed by atoms with Gasteiger partial charge in [-0.25, -0.2) is 0 Å². The standard InChI is InChI=1S/C24H27N3O5/c1-32-23(30)15-25-21(28)13-18-7-9-20(10-8-18)26-24(31)19-14-22(29)27(16-19)12-11-17-5-3-2-4-6-17/h2-10,19H,11-16H2,1H3,(H,25,28)(H,26,31)/t19-/m0/s1. The molecule has 8 heteroatoms. The molecule has 0 spiro atoms. The molecule has 1 fully saturated rings. The maximum atomic E-state index is 12.6. The molecular formula is C24H27N3O5. The summed E-state index contributed by atoms with van der Waals surface area (Å²) in [6.45, 7) is 0.835. The highest BCUT2D eigenvalue weighted by Crippen LogP contribution is 2.21. The Hall–Kier alpha value is -3.68. The van der Waals surface area contributed by atoms with E-state index in [0.717, 1.165) is 17.5 Å². The van der Waals surface area contributed by atoms with E-state index in [4.69, 9.17) is 0 Å². The molecule has 0 radical (unpaired) electrons. The second kappa shape index (κ2) is 11.1. The lowest BCUT2D eigenvalue weighted by atomic mass is 10.1. The number of hydrogen-bond acceptors (Lipinski definition) is 5. The number of nitrogens with one attached hydrogen (secondary N) is 2. The zero-order chi connectivity index (χ0) is 22.9. The number of anilines is 1. The van der Waals surface area contributed by atoms with Crippen molar-refractivity contribution < 1.29 is 23.9 Å². The van der Waals surface area contributed by atoms with Crippen LogP contribution in [0.3, 0.4) is 0 Å². The van der Waals surface area contributed by atoms with Crippen molar-refractivity contribution in [1.82, 2.24) is 10.2 Å². The largest absolute Gasteiger partial charge is 0.468 e. The van der Waals surface area contributed by atoms with Gasteiger partial charge in [0, 0.05) is 25.2 Å². The van der Waals surface area contributed by atoms with Crippen molar-refractivity contribution in [3.63, 3.8) is 0 Å². The molecule has 1 heterocycles. The van der Waals surface area contributed by atoms with Gasteiger partial charge >= 0.3 is 5.97 Å². The van der Waals surface area contributed by atoms with E-state index in [2.05, 4.69) is 15.4 Å². The average molecular weight is 437 g/mol. The number of rotatable bonds is 9. The number of ether oxygens (including phenoxy) is 1. The minimum atomic E-state index is -0.513. The monoisotopic (exact) mass is 437 g/mol. The van der Waals surface area contributed by atoms with Crippen molar-refractivity contribution in [1.29, 1.82) is 0 Å². The number of esters is 1. The average Bonchev–Trinajstić information content (AvgIpc) is 3.18. The SMILES string of the molecule is COC(=O)CNC(=O)Cc1ccc(NC(=O)[C@H]2CC(=O)N(CCc3ccccc3)C2)cc1. The van der Waals surface area contributed by atoms with Gasteiger partial charge in [-0.1, -0.05) is 42.5 Å². The number of carbonyl (C=O) groups is 4. The van der Waals surface area contributed by atoms with Crippen molar-refractivity contribution in [2.45, 2.75) is 19.3 Å². The van der Waals surface area contributed by atoms with Crippen molar-refractivity contribution in [2.75, 3.05) is 32.1 Å². The van der Waals surface area contributed by atoms with E-state index in [1.54, 1.807) is 29.2 Å². The molecule has 1 aliphatic rings. The number of hydrogen-bond donors (Lipinski definition) is 2. The molecule has 3 amide bonds. The van der Waals surface area contributed by atoms with Crippen LogP contribution in [0.15, 0.2) is 54.6 Å². The fourth-order valence-corrected chi connectivity index (χ4v) is 3.51. The van der Waals surface area contributed by atoms with Crippen LogP contribution < -0.4 is 10.6 Å². The van der Waals surface area contributed by atoms with Crippen LogP contribution in [0.2, 0.25) is 0 Å². The quantitative estimate of drug-likeness (QED) is 0.579. The Bertz CT molecular complexity index is 959. The summed E-state index contributed by atoms with van der Waals surface area (Å²) in [6.07, 6.45) is 1.08. The van der Waals surface area contributed by atoms with Crippen LogP contribution in [0.25, 0.3) is 0 Å². The molecule has 2 aromatic rings. The van der Waals surface area contributed by atoms with Gasteiger partial charge in [-0.3, -0.25) is 19.2 Å². The summed E-state index contributed by atoms with van der Waals surface area (Å²) in [6, 6.07) is 16.8. The zero-order valence-electron chi connectivity index (χ0n) is 18.0. The van der Waals surface area contributed by atoms with E-state index in [1.165, 1.54) is 7.11 Å². The van der Waals surface area contributed by atoms with Crippen LogP contribution >= 0.6 is 0 Å². The summed E-state index contributed by atoms with van der Waals surface area (Å²) < 4.78 is 4.47. The van der Waals surface area contributed by atoms with Gasteiger partial charge in [0.15, 0.2) is 0 Å². The first kappa shape index (κ1) is 23.0. The summed E-state index contributed by atoms with van der Waals surface area (Å²) in [7, 11) is 1.26.